The first kappa shape index (κ1) is 41.3. The number of aryl methyl sites for hydroxylation is 4. The van der Waals surface area contributed by atoms with E-state index >= 15 is 0 Å². The second-order valence-electron chi connectivity index (χ2n) is 17.8. The molecule has 0 aliphatic heterocycles. The largest absolute Gasteiger partial charge is 0.251 e. The number of hydrogen-bond acceptors (Lipinski definition) is 10. The number of nitrogens with zero attached hydrogens (tertiary/aromatic N) is 4. The van der Waals surface area contributed by atoms with E-state index in [0.717, 1.165) is 34.6 Å². The molecule has 4 nitrogen and oxygen atoms in total. The number of aliphatic imine (C=N–C) groups is 1. The van der Waals surface area contributed by atoms with Gasteiger partial charge in [0.15, 0.2) is 9.66 Å². The molecule has 13 rings (SSSR count). The van der Waals surface area contributed by atoms with E-state index in [-0.39, 0.29) is 0 Å². The van der Waals surface area contributed by atoms with E-state index in [1.54, 1.807) is 45.8 Å². The fourth-order valence-electron chi connectivity index (χ4n) is 10.7. The van der Waals surface area contributed by atoms with E-state index in [9.17, 15) is 0 Å². The first-order chi connectivity index (χ1) is 32.7. The van der Waals surface area contributed by atoms with Crippen LogP contribution in [0.3, 0.4) is 0 Å². The molecule has 6 aromatic carbocycles. The number of aromatic nitrogens is 3. The number of thiazole rings is 3. The highest BCUT2D eigenvalue weighted by molar-refractivity contribution is 7.98. The standard InChI is InChI=1S/C57H40N4S6/c1-30-7-15-35(16-8-30)56(36-17-9-31(2)10-18-36)42-26-41-43(25-40(42)39-23-34-24-47(64-46(34)27-44(39)56)50-60-54(62-6)52(58-5)66-50)57(37-19-11-32(3)12-20-37,38-21-13-33(4)14-22-38)45-28-48(65-49(41)45)51-61-55-53(67-51)59-29-63-55/h7-29H,5H2,1-4,6H3. The van der Waals surface area contributed by atoms with Crippen molar-refractivity contribution in [3.8, 4) is 41.3 Å². The van der Waals surface area contributed by atoms with Crippen LogP contribution in [0.25, 0.3) is 61.1 Å². The Bertz CT molecular complexity index is 3670. The lowest BCUT2D eigenvalue weighted by atomic mass is 9.65. The molecule has 11 aromatic rings. The van der Waals surface area contributed by atoms with Crippen molar-refractivity contribution in [3.63, 3.8) is 0 Å². The van der Waals surface area contributed by atoms with Crippen LogP contribution in [-0.4, -0.2) is 27.9 Å². The van der Waals surface area contributed by atoms with Gasteiger partial charge in [-0.15, -0.1) is 45.8 Å². The van der Waals surface area contributed by atoms with Crippen molar-refractivity contribution in [2.24, 2.45) is 4.99 Å². The summed E-state index contributed by atoms with van der Waals surface area (Å²) < 4.78 is 1.24. The number of thiophene rings is 2. The van der Waals surface area contributed by atoms with Gasteiger partial charge in [0.2, 0.25) is 0 Å². The van der Waals surface area contributed by atoms with Crippen LogP contribution in [0, 0.1) is 27.7 Å². The zero-order chi connectivity index (χ0) is 45.3. The van der Waals surface area contributed by atoms with Gasteiger partial charge < -0.3 is 0 Å². The van der Waals surface area contributed by atoms with Crippen molar-refractivity contribution in [2.45, 2.75) is 43.6 Å². The van der Waals surface area contributed by atoms with Crippen LogP contribution >= 0.6 is 68.4 Å². The highest BCUT2D eigenvalue weighted by Crippen LogP contribution is 2.65. The summed E-state index contributed by atoms with van der Waals surface area (Å²) in [6.45, 7) is 12.6. The molecule has 0 saturated heterocycles. The minimum absolute atomic E-state index is 0.599. The summed E-state index contributed by atoms with van der Waals surface area (Å²) in [5, 5.41) is 5.02. The molecule has 0 bridgehead atoms. The molecule has 0 radical (unpaired) electrons. The third-order valence-corrected chi connectivity index (χ3v) is 20.1. The maximum atomic E-state index is 5.17. The van der Waals surface area contributed by atoms with Crippen LogP contribution in [-0.2, 0) is 10.8 Å². The van der Waals surface area contributed by atoms with E-state index in [4.69, 9.17) is 9.97 Å². The van der Waals surface area contributed by atoms with Gasteiger partial charge in [-0.1, -0.05) is 142 Å². The molecule has 5 heterocycles. The Balaban J connectivity index is 1.16. The van der Waals surface area contributed by atoms with Crippen molar-refractivity contribution >= 4 is 99.9 Å². The Morgan fingerprint density at radius 2 is 1.01 bits per heavy atom. The second kappa shape index (κ2) is 15.3. The summed E-state index contributed by atoms with van der Waals surface area (Å²) in [7, 11) is 0. The first-order valence-electron chi connectivity index (χ1n) is 22.1. The molecule has 2 aliphatic carbocycles. The number of hydrogen-bond donors (Lipinski definition) is 0. The summed E-state index contributed by atoms with van der Waals surface area (Å²) >= 11 is 10.2. The quantitative estimate of drug-likeness (QED) is 0.112. The molecular weight excluding hydrogens is 933 g/mol. The molecular formula is C57H40N4S6. The minimum Gasteiger partial charge on any atom is -0.251 e. The minimum atomic E-state index is -0.614. The van der Waals surface area contributed by atoms with Crippen molar-refractivity contribution in [1.82, 2.24) is 15.0 Å². The van der Waals surface area contributed by atoms with Gasteiger partial charge in [0.05, 0.1) is 26.1 Å². The van der Waals surface area contributed by atoms with E-state index < -0.39 is 10.8 Å². The maximum Gasteiger partial charge on any atom is 0.155 e. The molecule has 0 atom stereocenters. The number of thioether (sulfide) groups is 1. The predicted octanol–water partition coefficient (Wildman–Crippen LogP) is 16.8. The van der Waals surface area contributed by atoms with Crippen LogP contribution in [0.1, 0.15) is 66.8 Å². The Morgan fingerprint density at radius 1 is 0.507 bits per heavy atom. The van der Waals surface area contributed by atoms with Crippen molar-refractivity contribution < 1.29 is 0 Å². The SMILES string of the molecule is C=Nc1sc(-c2cc3cc4c(cc3s2)C(c2ccc(C)cc2)(c2ccc(C)cc2)c2cc3c(cc2-4)C(c2ccc(C)cc2)(c2ccc(C)cc2)c2cc(-c4nc5scnc5s4)sc2-3)nc1SC. The Labute approximate surface area is 413 Å². The van der Waals surface area contributed by atoms with Gasteiger partial charge >= 0.3 is 0 Å². The fraction of sp³-hybridized carbons (Fsp3) is 0.123. The number of fused-ring (bicyclic) bond motifs is 8. The van der Waals surface area contributed by atoms with Crippen molar-refractivity contribution in [1.29, 1.82) is 0 Å². The van der Waals surface area contributed by atoms with Crippen LogP contribution < -0.4 is 0 Å². The van der Waals surface area contributed by atoms with Crippen LogP contribution in [0.5, 0.6) is 0 Å². The summed E-state index contributed by atoms with van der Waals surface area (Å²) in [5.41, 5.74) is 19.7. The summed E-state index contributed by atoms with van der Waals surface area (Å²) in [6.07, 6.45) is 2.05. The lowest BCUT2D eigenvalue weighted by Gasteiger charge is -2.35. The third kappa shape index (κ3) is 6.00. The van der Waals surface area contributed by atoms with E-state index in [0.29, 0.717) is 0 Å². The molecule has 0 unspecified atom stereocenters. The van der Waals surface area contributed by atoms with Gasteiger partial charge in [-0.25, -0.2) is 15.0 Å². The average Bonchev–Trinajstić information content (AvgIpc) is 4.21. The third-order valence-electron chi connectivity index (χ3n) is 13.9. The molecule has 0 spiro atoms. The Hall–Kier alpha value is -5.85. The lowest BCUT2D eigenvalue weighted by Crippen LogP contribution is -2.30. The molecule has 0 saturated carbocycles. The first-order valence-corrected chi connectivity index (χ1v) is 27.5. The smallest absolute Gasteiger partial charge is 0.155 e. The van der Waals surface area contributed by atoms with Gasteiger partial charge in [-0.05, 0) is 144 Å². The zero-order valence-corrected chi connectivity index (χ0v) is 42.1. The Kier molecular flexibility index (Phi) is 9.46. The summed E-state index contributed by atoms with van der Waals surface area (Å²) in [4.78, 5) is 24.8. The fourth-order valence-corrected chi connectivity index (χ4v) is 16.5. The Morgan fingerprint density at radius 3 is 1.57 bits per heavy atom. The van der Waals surface area contributed by atoms with Crippen LogP contribution in [0.4, 0.5) is 5.00 Å². The van der Waals surface area contributed by atoms with Gasteiger partial charge in [0, 0.05) is 9.58 Å². The average molecular weight is 973 g/mol. The second-order valence-corrected chi connectivity index (χ2v) is 23.5. The van der Waals surface area contributed by atoms with Crippen LogP contribution in [0.2, 0.25) is 0 Å². The predicted molar refractivity (Wildman–Crippen MR) is 290 cm³/mol. The van der Waals surface area contributed by atoms with Crippen LogP contribution in [0.15, 0.2) is 149 Å². The van der Waals surface area contributed by atoms with Gasteiger partial charge in [0.1, 0.15) is 20.0 Å². The topological polar surface area (TPSA) is 51.0 Å². The van der Waals surface area contributed by atoms with E-state index in [1.807, 2.05) is 28.2 Å². The molecule has 5 aromatic heterocycles. The monoisotopic (exact) mass is 972 g/mol. The van der Waals surface area contributed by atoms with E-state index in [2.05, 4.69) is 184 Å². The maximum absolute atomic E-state index is 5.17. The lowest BCUT2D eigenvalue weighted by molar-refractivity contribution is 0.759. The summed E-state index contributed by atoms with van der Waals surface area (Å²) in [6, 6.07) is 52.2. The molecule has 67 heavy (non-hydrogen) atoms. The molecule has 2 aliphatic rings. The molecule has 324 valence electrons. The molecule has 0 amide bonds. The normalized spacial score (nSPS) is 14.1. The van der Waals surface area contributed by atoms with Gasteiger partial charge in [-0.2, -0.15) is 0 Å². The number of benzene rings is 6. The summed E-state index contributed by atoms with van der Waals surface area (Å²) in [5.74, 6) is 0. The molecule has 10 heteroatoms. The molecule has 0 N–H and O–H groups in total. The zero-order valence-electron chi connectivity index (χ0n) is 37.2. The van der Waals surface area contributed by atoms with Gasteiger partial charge in [-0.3, -0.25) is 4.99 Å². The molecule has 0 fully saturated rings. The van der Waals surface area contributed by atoms with Crippen molar-refractivity contribution in [3.05, 3.63) is 206 Å². The van der Waals surface area contributed by atoms with Gasteiger partial charge in [0.25, 0.3) is 0 Å². The van der Waals surface area contributed by atoms with Crippen molar-refractivity contribution in [2.75, 3.05) is 6.26 Å². The highest BCUT2D eigenvalue weighted by atomic mass is 32.2. The number of rotatable bonds is 8. The highest BCUT2D eigenvalue weighted by Gasteiger charge is 2.52. The van der Waals surface area contributed by atoms with E-state index in [1.165, 1.54) is 103 Å².